The zero-order valence-electron chi connectivity index (χ0n) is 11.7. The minimum absolute atomic E-state index is 0.250. The van der Waals surface area contributed by atoms with Crippen LogP contribution in [0, 0.1) is 0 Å². The lowest BCUT2D eigenvalue weighted by Crippen LogP contribution is -2.21. The molecule has 0 fully saturated rings. The van der Waals surface area contributed by atoms with E-state index < -0.39 is 6.10 Å². The maximum absolute atomic E-state index is 10.1. The highest BCUT2D eigenvalue weighted by atomic mass is 79.9. The number of fused-ring (bicyclic) bond motifs is 1. The number of rotatable bonds is 5. The van der Waals surface area contributed by atoms with Gasteiger partial charge in [0.25, 0.3) is 0 Å². The van der Waals surface area contributed by atoms with Crippen molar-refractivity contribution in [1.29, 1.82) is 0 Å². The van der Waals surface area contributed by atoms with Gasteiger partial charge in [-0.1, -0.05) is 23.7 Å². The van der Waals surface area contributed by atoms with Gasteiger partial charge in [0.15, 0.2) is 11.5 Å². The predicted octanol–water partition coefficient (Wildman–Crippen LogP) is 3.65. The molecule has 1 aliphatic rings. The Balaban J connectivity index is 1.57. The van der Waals surface area contributed by atoms with Gasteiger partial charge in [0.05, 0.1) is 10.6 Å². The first kappa shape index (κ1) is 15.6. The van der Waals surface area contributed by atoms with Crippen molar-refractivity contribution < 1.29 is 14.6 Å². The Hall–Kier alpha value is -1.27. The lowest BCUT2D eigenvalue weighted by Gasteiger charge is -2.13. The van der Waals surface area contributed by atoms with Gasteiger partial charge in [-0.05, 0) is 51.3 Å². The summed E-state index contributed by atoms with van der Waals surface area (Å²) >= 11 is 9.31. The van der Waals surface area contributed by atoms with Gasteiger partial charge in [0.2, 0.25) is 6.79 Å². The second-order valence-corrected chi connectivity index (χ2v) is 6.30. The van der Waals surface area contributed by atoms with Gasteiger partial charge < -0.3 is 19.9 Å². The molecule has 0 unspecified atom stereocenters. The highest BCUT2D eigenvalue weighted by molar-refractivity contribution is 9.10. The smallest absolute Gasteiger partial charge is 0.231 e. The van der Waals surface area contributed by atoms with Crippen LogP contribution in [0.5, 0.6) is 11.5 Å². The number of halogens is 2. The topological polar surface area (TPSA) is 50.7 Å². The lowest BCUT2D eigenvalue weighted by atomic mass is 10.1. The lowest BCUT2D eigenvalue weighted by molar-refractivity contribution is 0.173. The van der Waals surface area contributed by atoms with E-state index in [1.807, 2.05) is 24.3 Å². The third kappa shape index (κ3) is 3.55. The summed E-state index contributed by atoms with van der Waals surface area (Å²) in [4.78, 5) is 0. The van der Waals surface area contributed by atoms with E-state index in [1.165, 1.54) is 0 Å². The molecule has 2 N–H and O–H groups in total. The molecule has 0 aromatic heterocycles. The number of hydrogen-bond acceptors (Lipinski definition) is 4. The molecule has 22 heavy (non-hydrogen) atoms. The molecular formula is C16H15BrClNO3. The second kappa shape index (κ2) is 6.87. The van der Waals surface area contributed by atoms with Crippen molar-refractivity contribution in [1.82, 2.24) is 5.32 Å². The van der Waals surface area contributed by atoms with Gasteiger partial charge in [0.1, 0.15) is 0 Å². The molecule has 2 aromatic rings. The first-order valence-corrected chi connectivity index (χ1v) is 8.03. The summed E-state index contributed by atoms with van der Waals surface area (Å²) in [6.07, 6.45) is -0.574. The molecule has 116 valence electrons. The van der Waals surface area contributed by atoms with Crippen LogP contribution < -0.4 is 14.8 Å². The van der Waals surface area contributed by atoms with Crippen molar-refractivity contribution in [3.63, 3.8) is 0 Å². The molecule has 1 aliphatic heterocycles. The third-order valence-electron chi connectivity index (χ3n) is 3.41. The molecule has 0 saturated carbocycles. The molecule has 1 heterocycles. The van der Waals surface area contributed by atoms with Gasteiger partial charge in [-0.25, -0.2) is 0 Å². The first-order valence-electron chi connectivity index (χ1n) is 6.86. The normalized spacial score (nSPS) is 14.1. The average Bonchev–Trinajstić information content (AvgIpc) is 2.97. The monoisotopic (exact) mass is 383 g/mol. The quantitative estimate of drug-likeness (QED) is 0.826. The molecule has 2 aromatic carbocycles. The largest absolute Gasteiger partial charge is 0.454 e. The summed E-state index contributed by atoms with van der Waals surface area (Å²) in [5.74, 6) is 1.48. The zero-order valence-corrected chi connectivity index (χ0v) is 14.0. The SMILES string of the molecule is O[C@@H](CNCc1cc(Br)c2c(c1)OCO2)c1ccc(Cl)cc1. The van der Waals surface area contributed by atoms with Gasteiger partial charge in [0, 0.05) is 18.1 Å². The van der Waals surface area contributed by atoms with Crippen LogP contribution in [0.1, 0.15) is 17.2 Å². The Morgan fingerprint density at radius 1 is 1.23 bits per heavy atom. The van der Waals surface area contributed by atoms with Crippen molar-refractivity contribution in [3.05, 3.63) is 57.0 Å². The van der Waals surface area contributed by atoms with E-state index in [-0.39, 0.29) is 6.79 Å². The third-order valence-corrected chi connectivity index (χ3v) is 4.25. The van der Waals surface area contributed by atoms with Crippen molar-refractivity contribution in [2.45, 2.75) is 12.6 Å². The van der Waals surface area contributed by atoms with Crippen LogP contribution in [0.25, 0.3) is 0 Å². The molecular weight excluding hydrogens is 370 g/mol. The zero-order chi connectivity index (χ0) is 15.5. The van der Waals surface area contributed by atoms with Crippen molar-refractivity contribution in [3.8, 4) is 11.5 Å². The number of ether oxygens (including phenoxy) is 2. The number of hydrogen-bond donors (Lipinski definition) is 2. The molecule has 0 spiro atoms. The fourth-order valence-electron chi connectivity index (χ4n) is 2.28. The molecule has 0 amide bonds. The van der Waals surface area contributed by atoms with E-state index in [0.717, 1.165) is 27.1 Å². The van der Waals surface area contributed by atoms with E-state index in [9.17, 15) is 5.11 Å². The number of aliphatic hydroxyl groups is 1. The maximum atomic E-state index is 10.1. The second-order valence-electron chi connectivity index (χ2n) is 5.01. The summed E-state index contributed by atoms with van der Waals surface area (Å²) in [7, 11) is 0. The van der Waals surface area contributed by atoms with Crippen LogP contribution >= 0.6 is 27.5 Å². The molecule has 0 saturated heterocycles. The van der Waals surface area contributed by atoms with Crippen molar-refractivity contribution in [2.75, 3.05) is 13.3 Å². The summed E-state index contributed by atoms with van der Waals surface area (Å²) in [5, 5.41) is 14.0. The van der Waals surface area contributed by atoms with Crippen molar-refractivity contribution in [2.24, 2.45) is 0 Å². The Morgan fingerprint density at radius 3 is 2.77 bits per heavy atom. The highest BCUT2D eigenvalue weighted by Gasteiger charge is 2.17. The van der Waals surface area contributed by atoms with Crippen LogP contribution in [0.3, 0.4) is 0 Å². The molecule has 1 atom stereocenters. The van der Waals surface area contributed by atoms with Crippen LogP contribution in [0.4, 0.5) is 0 Å². The Bertz CT molecular complexity index is 663. The fraction of sp³-hybridized carbons (Fsp3) is 0.250. The van der Waals surface area contributed by atoms with E-state index >= 15 is 0 Å². The van der Waals surface area contributed by atoms with Crippen molar-refractivity contribution >= 4 is 27.5 Å². The molecule has 0 aliphatic carbocycles. The molecule has 6 heteroatoms. The van der Waals surface area contributed by atoms with Crippen LogP contribution in [0.15, 0.2) is 40.9 Å². The fourth-order valence-corrected chi connectivity index (χ4v) is 3.01. The summed E-state index contributed by atoms with van der Waals surface area (Å²) < 4.78 is 11.6. The van der Waals surface area contributed by atoms with Crippen LogP contribution in [-0.4, -0.2) is 18.4 Å². The number of nitrogens with one attached hydrogen (secondary N) is 1. The molecule has 4 nitrogen and oxygen atoms in total. The summed E-state index contributed by atoms with van der Waals surface area (Å²) in [6.45, 7) is 1.33. The Morgan fingerprint density at radius 2 is 2.00 bits per heavy atom. The average molecular weight is 385 g/mol. The number of aliphatic hydroxyl groups excluding tert-OH is 1. The van der Waals surface area contributed by atoms with E-state index in [1.54, 1.807) is 12.1 Å². The van der Waals surface area contributed by atoms with Gasteiger partial charge in [-0.15, -0.1) is 0 Å². The molecule has 0 radical (unpaired) electrons. The van der Waals surface area contributed by atoms with Gasteiger partial charge >= 0.3 is 0 Å². The van der Waals surface area contributed by atoms with Crippen LogP contribution in [-0.2, 0) is 6.54 Å². The number of benzene rings is 2. The minimum atomic E-state index is -0.574. The Labute approximate surface area is 142 Å². The first-order chi connectivity index (χ1) is 10.6. The maximum Gasteiger partial charge on any atom is 0.231 e. The van der Waals surface area contributed by atoms with E-state index in [4.69, 9.17) is 21.1 Å². The summed E-state index contributed by atoms with van der Waals surface area (Å²) in [6, 6.07) is 11.1. The van der Waals surface area contributed by atoms with E-state index in [2.05, 4.69) is 21.2 Å². The van der Waals surface area contributed by atoms with Gasteiger partial charge in [-0.3, -0.25) is 0 Å². The standard InChI is InChI=1S/C16H15BrClNO3/c17-13-5-10(6-15-16(13)22-9-21-15)7-19-8-14(20)11-1-3-12(18)4-2-11/h1-6,14,19-20H,7-9H2/t14-/m0/s1. The highest BCUT2D eigenvalue weighted by Crippen LogP contribution is 2.39. The molecule has 0 bridgehead atoms. The minimum Gasteiger partial charge on any atom is -0.454 e. The van der Waals surface area contributed by atoms with Gasteiger partial charge in [-0.2, -0.15) is 0 Å². The molecule has 3 rings (SSSR count). The predicted molar refractivity (Wildman–Crippen MR) is 88.4 cm³/mol. The Kier molecular flexibility index (Phi) is 4.88. The van der Waals surface area contributed by atoms with E-state index in [0.29, 0.717) is 18.1 Å². The van der Waals surface area contributed by atoms with Crippen LogP contribution in [0.2, 0.25) is 5.02 Å². The summed E-state index contributed by atoms with van der Waals surface area (Å²) in [5.41, 5.74) is 1.89.